The Kier molecular flexibility index (Phi) is 5.92. The summed E-state index contributed by atoms with van der Waals surface area (Å²) in [6, 6.07) is 60.2. The van der Waals surface area contributed by atoms with E-state index in [4.69, 9.17) is 15.0 Å². The van der Waals surface area contributed by atoms with Gasteiger partial charge in [-0.1, -0.05) is 140 Å². The molecule has 0 amide bonds. The first-order valence-electron chi connectivity index (χ1n) is 17.3. The minimum atomic E-state index is 0.686. The van der Waals surface area contributed by atoms with Crippen molar-refractivity contribution in [3.8, 4) is 33.8 Å². The van der Waals surface area contributed by atoms with Gasteiger partial charge in [-0.15, -0.1) is 0 Å². The summed E-state index contributed by atoms with van der Waals surface area (Å²) < 4.78 is 2.26. The number of hydrogen-bond acceptors (Lipinski definition) is 3. The third kappa shape index (κ3) is 4.17. The van der Waals surface area contributed by atoms with Crippen LogP contribution in [0.1, 0.15) is 0 Å². The fourth-order valence-corrected chi connectivity index (χ4v) is 8.03. The van der Waals surface area contributed by atoms with Crippen molar-refractivity contribution in [2.75, 3.05) is 0 Å². The molecule has 0 aliphatic rings. The van der Waals surface area contributed by atoms with Gasteiger partial charge in [0.1, 0.15) is 5.65 Å². The van der Waals surface area contributed by atoms with E-state index in [0.29, 0.717) is 5.82 Å². The van der Waals surface area contributed by atoms with E-state index in [1.54, 1.807) is 0 Å². The molecule has 0 unspecified atom stereocenters. The van der Waals surface area contributed by atoms with Gasteiger partial charge in [-0.05, 0) is 73.8 Å². The Bertz CT molecular complexity index is 3160. The highest BCUT2D eigenvalue weighted by Crippen LogP contribution is 2.40. The van der Waals surface area contributed by atoms with Crippen LogP contribution in [0, 0.1) is 0 Å². The molecule has 3 heterocycles. The summed E-state index contributed by atoms with van der Waals surface area (Å²) in [5.74, 6) is 0.686. The predicted molar refractivity (Wildman–Crippen MR) is 212 cm³/mol. The molecule has 0 aliphatic carbocycles. The van der Waals surface area contributed by atoms with Gasteiger partial charge in [0, 0.05) is 16.5 Å². The van der Waals surface area contributed by atoms with E-state index >= 15 is 0 Å². The van der Waals surface area contributed by atoms with Gasteiger partial charge < -0.3 is 0 Å². The normalized spacial score (nSPS) is 11.9. The fourth-order valence-electron chi connectivity index (χ4n) is 8.03. The van der Waals surface area contributed by atoms with Crippen LogP contribution in [0.2, 0.25) is 0 Å². The Morgan fingerprint density at radius 3 is 1.69 bits per heavy atom. The van der Waals surface area contributed by atoms with E-state index < -0.39 is 0 Å². The van der Waals surface area contributed by atoms with Crippen LogP contribution >= 0.6 is 0 Å². The molecule has 0 aliphatic heterocycles. The molecule has 0 atom stereocenters. The number of hydrogen-bond donors (Lipinski definition) is 0. The van der Waals surface area contributed by atoms with Gasteiger partial charge >= 0.3 is 0 Å². The number of aromatic nitrogens is 4. The van der Waals surface area contributed by atoms with Crippen LogP contribution in [-0.2, 0) is 0 Å². The average Bonchev–Trinajstić information content (AvgIpc) is 3.61. The van der Waals surface area contributed by atoms with Gasteiger partial charge in [0.2, 0.25) is 0 Å². The zero-order valence-corrected chi connectivity index (χ0v) is 27.5. The van der Waals surface area contributed by atoms with Crippen molar-refractivity contribution in [3.63, 3.8) is 0 Å². The molecule has 0 saturated carbocycles. The van der Waals surface area contributed by atoms with Crippen molar-refractivity contribution in [3.05, 3.63) is 170 Å². The minimum Gasteiger partial charge on any atom is -0.292 e. The third-order valence-electron chi connectivity index (χ3n) is 10.3. The van der Waals surface area contributed by atoms with Crippen molar-refractivity contribution >= 4 is 70.8 Å². The third-order valence-corrected chi connectivity index (χ3v) is 10.3. The van der Waals surface area contributed by atoms with Crippen LogP contribution in [-0.4, -0.2) is 19.4 Å². The summed E-state index contributed by atoms with van der Waals surface area (Å²) in [7, 11) is 0. The molecule has 0 spiro atoms. The first kappa shape index (κ1) is 28.0. The number of imidazole rings is 1. The first-order valence-corrected chi connectivity index (χ1v) is 17.3. The molecule has 0 fully saturated rings. The van der Waals surface area contributed by atoms with E-state index in [1.807, 2.05) is 12.1 Å². The van der Waals surface area contributed by atoms with Gasteiger partial charge in [-0.2, -0.15) is 0 Å². The van der Waals surface area contributed by atoms with Gasteiger partial charge in [0.05, 0.1) is 33.1 Å². The highest BCUT2D eigenvalue weighted by atomic mass is 15.0. The van der Waals surface area contributed by atoms with E-state index in [1.165, 1.54) is 32.3 Å². The molecule has 0 N–H and O–H groups in total. The molecular formula is C47H28N4. The summed E-state index contributed by atoms with van der Waals surface area (Å²) in [4.78, 5) is 15.9. The number of para-hydroxylation sites is 3. The van der Waals surface area contributed by atoms with E-state index in [0.717, 1.165) is 66.4 Å². The number of nitrogens with zero attached hydrogens (tertiary/aromatic N) is 4. The Morgan fingerprint density at radius 2 is 0.922 bits per heavy atom. The maximum absolute atomic E-state index is 5.38. The monoisotopic (exact) mass is 648 g/mol. The lowest BCUT2D eigenvalue weighted by Crippen LogP contribution is -2.00. The van der Waals surface area contributed by atoms with Crippen LogP contribution in [0.4, 0.5) is 0 Å². The molecule has 51 heavy (non-hydrogen) atoms. The maximum atomic E-state index is 5.38. The molecule has 4 nitrogen and oxygen atoms in total. The second-order valence-electron chi connectivity index (χ2n) is 13.2. The van der Waals surface area contributed by atoms with Crippen molar-refractivity contribution in [2.45, 2.75) is 0 Å². The SMILES string of the molecule is c1ccc(-c2nc(-c3cccc(-c4ccc5c6ccccc6c6ccccc6c5c4)c3)nc3c4ccccc4n4c5ccccc5nc4c23)cc1. The van der Waals surface area contributed by atoms with Crippen molar-refractivity contribution < 1.29 is 0 Å². The first-order chi connectivity index (χ1) is 25.3. The Hall–Kier alpha value is -6.91. The Labute approximate surface area is 292 Å². The molecule has 8 aromatic carbocycles. The van der Waals surface area contributed by atoms with Gasteiger partial charge in [0.15, 0.2) is 5.82 Å². The molecule has 3 aromatic heterocycles. The minimum absolute atomic E-state index is 0.686. The highest BCUT2D eigenvalue weighted by Gasteiger charge is 2.21. The quantitative estimate of drug-likeness (QED) is 0.179. The second-order valence-corrected chi connectivity index (χ2v) is 13.2. The molecule has 11 aromatic rings. The maximum Gasteiger partial charge on any atom is 0.160 e. The van der Waals surface area contributed by atoms with Crippen molar-refractivity contribution in [1.82, 2.24) is 19.4 Å². The summed E-state index contributed by atoms with van der Waals surface area (Å²) in [6.07, 6.45) is 0. The van der Waals surface area contributed by atoms with E-state index in [-0.39, 0.29) is 0 Å². The average molecular weight is 649 g/mol. The fraction of sp³-hybridized carbons (Fsp3) is 0. The molecule has 0 radical (unpaired) electrons. The van der Waals surface area contributed by atoms with Crippen LogP contribution in [0.15, 0.2) is 170 Å². The van der Waals surface area contributed by atoms with Crippen molar-refractivity contribution in [2.24, 2.45) is 0 Å². The molecule has 4 heteroatoms. The summed E-state index contributed by atoms with van der Waals surface area (Å²) in [5, 5.41) is 9.62. The predicted octanol–water partition coefficient (Wildman–Crippen LogP) is 12.0. The second kappa shape index (κ2) is 10.8. The molecule has 0 saturated heterocycles. The molecule has 0 bridgehead atoms. The van der Waals surface area contributed by atoms with Crippen molar-refractivity contribution in [1.29, 1.82) is 0 Å². The van der Waals surface area contributed by atoms with E-state index in [9.17, 15) is 0 Å². The van der Waals surface area contributed by atoms with Crippen LogP contribution in [0.5, 0.6) is 0 Å². The lowest BCUT2D eigenvalue weighted by molar-refractivity contribution is 1.22. The largest absolute Gasteiger partial charge is 0.292 e. The lowest BCUT2D eigenvalue weighted by atomic mass is 9.92. The molecule has 11 rings (SSSR count). The molecule has 236 valence electrons. The van der Waals surface area contributed by atoms with Gasteiger partial charge in [-0.25, -0.2) is 15.0 Å². The summed E-state index contributed by atoms with van der Waals surface area (Å²) >= 11 is 0. The Morgan fingerprint density at radius 1 is 0.353 bits per heavy atom. The topological polar surface area (TPSA) is 43.1 Å². The summed E-state index contributed by atoms with van der Waals surface area (Å²) in [6.45, 7) is 0. The molecular weight excluding hydrogens is 621 g/mol. The smallest absolute Gasteiger partial charge is 0.160 e. The standard InChI is InChI=1S/C47H28N4/c1-2-13-29(14-3-1)44-43-45(38-21-8-10-23-41(38)51-42-24-11-9-22-40(42)48-47(43)51)50-46(49-44)32-16-12-15-30(27-32)31-25-26-37-35-19-5-4-17-33(35)34-18-6-7-20-36(34)39(37)28-31/h1-28H. The van der Waals surface area contributed by atoms with Crippen LogP contribution in [0.25, 0.3) is 105 Å². The number of pyridine rings is 1. The van der Waals surface area contributed by atoms with Crippen LogP contribution < -0.4 is 0 Å². The van der Waals surface area contributed by atoms with Gasteiger partial charge in [0.25, 0.3) is 0 Å². The zero-order chi connectivity index (χ0) is 33.5. The lowest BCUT2D eigenvalue weighted by Gasteiger charge is -2.14. The number of fused-ring (bicyclic) bond motifs is 14. The zero-order valence-electron chi connectivity index (χ0n) is 27.5. The number of rotatable bonds is 3. The van der Waals surface area contributed by atoms with E-state index in [2.05, 4.69) is 162 Å². The Balaban J connectivity index is 1.17. The highest BCUT2D eigenvalue weighted by molar-refractivity contribution is 6.25. The van der Waals surface area contributed by atoms with Crippen LogP contribution in [0.3, 0.4) is 0 Å². The van der Waals surface area contributed by atoms with Gasteiger partial charge in [-0.3, -0.25) is 4.40 Å². The summed E-state index contributed by atoms with van der Waals surface area (Å²) in [5.41, 5.74) is 9.98. The number of benzene rings is 8.